The van der Waals surface area contributed by atoms with Crippen LogP contribution in [0.2, 0.25) is 5.15 Å². The number of rotatable bonds is 3. The Kier molecular flexibility index (Phi) is 3.91. The molecular formula is C11H10BrClN4. The van der Waals surface area contributed by atoms with Crippen LogP contribution in [0, 0.1) is 6.92 Å². The lowest BCUT2D eigenvalue weighted by molar-refractivity contribution is 0.954. The van der Waals surface area contributed by atoms with Gasteiger partial charge in [-0.3, -0.25) is 0 Å². The first-order valence-electron chi connectivity index (χ1n) is 4.98. The monoisotopic (exact) mass is 312 g/mol. The Morgan fingerprint density at radius 1 is 1.41 bits per heavy atom. The van der Waals surface area contributed by atoms with E-state index in [4.69, 9.17) is 11.6 Å². The number of aryl methyl sites for hydroxylation is 1. The van der Waals surface area contributed by atoms with Crippen molar-refractivity contribution in [2.75, 3.05) is 5.32 Å². The molecule has 0 aliphatic heterocycles. The second kappa shape index (κ2) is 5.42. The lowest BCUT2D eigenvalue weighted by Gasteiger charge is -2.06. The second-order valence-electron chi connectivity index (χ2n) is 3.45. The summed E-state index contributed by atoms with van der Waals surface area (Å²) in [7, 11) is 0. The van der Waals surface area contributed by atoms with E-state index in [0.29, 0.717) is 11.7 Å². The lowest BCUT2D eigenvalue weighted by Crippen LogP contribution is -2.03. The van der Waals surface area contributed by atoms with Gasteiger partial charge in [0.25, 0.3) is 0 Å². The molecule has 0 atom stereocenters. The van der Waals surface area contributed by atoms with Crippen molar-refractivity contribution in [3.63, 3.8) is 0 Å². The third-order valence-corrected chi connectivity index (χ3v) is 3.24. The van der Waals surface area contributed by atoms with Crippen LogP contribution in [0.3, 0.4) is 0 Å². The molecule has 0 bridgehead atoms. The molecule has 0 saturated carbocycles. The fourth-order valence-corrected chi connectivity index (χ4v) is 1.77. The smallest absolute Gasteiger partial charge is 0.143 e. The summed E-state index contributed by atoms with van der Waals surface area (Å²) in [6.45, 7) is 2.49. The van der Waals surface area contributed by atoms with Crippen LogP contribution in [0.15, 0.2) is 29.0 Å². The zero-order chi connectivity index (χ0) is 12.3. The van der Waals surface area contributed by atoms with Gasteiger partial charge in [0.2, 0.25) is 0 Å². The van der Waals surface area contributed by atoms with E-state index < -0.39 is 0 Å². The van der Waals surface area contributed by atoms with Gasteiger partial charge in [-0.05, 0) is 35.0 Å². The highest BCUT2D eigenvalue weighted by atomic mass is 79.9. The van der Waals surface area contributed by atoms with Crippen molar-refractivity contribution < 1.29 is 0 Å². The van der Waals surface area contributed by atoms with E-state index in [1.54, 1.807) is 12.4 Å². The predicted octanol–water partition coefficient (Wildman–Crippen LogP) is 3.21. The predicted molar refractivity (Wildman–Crippen MR) is 71.0 cm³/mol. The van der Waals surface area contributed by atoms with E-state index in [1.165, 1.54) is 0 Å². The summed E-state index contributed by atoms with van der Waals surface area (Å²) in [5.74, 6) is 0.764. The number of hydrogen-bond acceptors (Lipinski definition) is 4. The third-order valence-electron chi connectivity index (χ3n) is 2.10. The van der Waals surface area contributed by atoms with E-state index in [9.17, 15) is 0 Å². The van der Waals surface area contributed by atoms with Crippen LogP contribution < -0.4 is 5.32 Å². The van der Waals surface area contributed by atoms with Crippen LogP contribution in [0.5, 0.6) is 0 Å². The summed E-state index contributed by atoms with van der Waals surface area (Å²) in [6, 6.07) is 3.75. The molecule has 2 aromatic rings. The van der Waals surface area contributed by atoms with Gasteiger partial charge < -0.3 is 5.32 Å². The maximum atomic E-state index is 5.81. The zero-order valence-corrected chi connectivity index (χ0v) is 11.5. The topological polar surface area (TPSA) is 50.7 Å². The normalized spacial score (nSPS) is 10.3. The first-order chi connectivity index (χ1) is 8.15. The van der Waals surface area contributed by atoms with Crippen LogP contribution in [-0.4, -0.2) is 15.0 Å². The fourth-order valence-electron chi connectivity index (χ4n) is 1.31. The summed E-state index contributed by atoms with van der Waals surface area (Å²) in [5, 5.41) is 3.67. The molecule has 6 heteroatoms. The molecule has 0 aliphatic rings. The summed E-state index contributed by atoms with van der Waals surface area (Å²) in [6.07, 6.45) is 3.43. The van der Waals surface area contributed by atoms with E-state index >= 15 is 0 Å². The molecule has 0 unspecified atom stereocenters. The summed E-state index contributed by atoms with van der Waals surface area (Å²) in [5.41, 5.74) is 1.82. The van der Waals surface area contributed by atoms with Crippen molar-refractivity contribution in [3.05, 3.63) is 45.7 Å². The number of hydrogen-bond donors (Lipinski definition) is 1. The second-order valence-corrected chi connectivity index (χ2v) is 4.66. The highest BCUT2D eigenvalue weighted by Crippen LogP contribution is 2.22. The summed E-state index contributed by atoms with van der Waals surface area (Å²) >= 11 is 9.14. The van der Waals surface area contributed by atoms with Crippen molar-refractivity contribution in [1.82, 2.24) is 15.0 Å². The van der Waals surface area contributed by atoms with Crippen LogP contribution >= 0.6 is 27.5 Å². The van der Waals surface area contributed by atoms with Gasteiger partial charge in [0.05, 0.1) is 28.6 Å². The minimum absolute atomic E-state index is 0.452. The molecule has 0 spiro atoms. The Morgan fingerprint density at radius 3 is 2.94 bits per heavy atom. The van der Waals surface area contributed by atoms with Gasteiger partial charge in [-0.15, -0.1) is 0 Å². The Labute approximate surface area is 113 Å². The number of nitrogens with one attached hydrogen (secondary N) is 1. The largest absolute Gasteiger partial charge is 0.378 e. The van der Waals surface area contributed by atoms with Crippen molar-refractivity contribution in [3.8, 4) is 0 Å². The molecule has 0 fully saturated rings. The summed E-state index contributed by atoms with van der Waals surface area (Å²) < 4.78 is 0.767. The van der Waals surface area contributed by atoms with Gasteiger partial charge in [-0.1, -0.05) is 11.6 Å². The number of nitrogens with zero attached hydrogens (tertiary/aromatic N) is 3. The standard InChI is InChI=1S/C11H10BrClN4/c1-7-14-3-2-8(17-7)5-15-9-4-10(12)11(13)16-6-9/h2-4,6,15H,5H2,1H3. The summed E-state index contributed by atoms with van der Waals surface area (Å²) in [4.78, 5) is 12.4. The molecule has 4 nitrogen and oxygen atoms in total. The minimum atomic E-state index is 0.452. The maximum Gasteiger partial charge on any atom is 0.143 e. The van der Waals surface area contributed by atoms with Crippen molar-refractivity contribution in [1.29, 1.82) is 0 Å². The fraction of sp³-hybridized carbons (Fsp3) is 0.182. The van der Waals surface area contributed by atoms with Gasteiger partial charge in [0.15, 0.2) is 0 Å². The van der Waals surface area contributed by atoms with Crippen LogP contribution in [-0.2, 0) is 6.54 Å². The molecular weight excluding hydrogens is 304 g/mol. The quantitative estimate of drug-likeness (QED) is 0.884. The first kappa shape index (κ1) is 12.3. The van der Waals surface area contributed by atoms with Gasteiger partial charge in [-0.25, -0.2) is 15.0 Å². The Balaban J connectivity index is 2.05. The van der Waals surface area contributed by atoms with Gasteiger partial charge >= 0.3 is 0 Å². The Hall–Kier alpha value is -1.20. The first-order valence-corrected chi connectivity index (χ1v) is 6.15. The average molecular weight is 314 g/mol. The van der Waals surface area contributed by atoms with E-state index in [-0.39, 0.29) is 0 Å². The number of anilines is 1. The SMILES string of the molecule is Cc1nccc(CNc2cnc(Cl)c(Br)c2)n1. The van der Waals surface area contributed by atoms with E-state index in [0.717, 1.165) is 21.7 Å². The average Bonchev–Trinajstić information content (AvgIpc) is 2.31. The molecule has 0 aliphatic carbocycles. The zero-order valence-electron chi connectivity index (χ0n) is 9.11. The molecule has 0 saturated heterocycles. The molecule has 1 N–H and O–H groups in total. The van der Waals surface area contributed by atoms with Crippen LogP contribution in [0.1, 0.15) is 11.5 Å². The number of pyridine rings is 1. The third kappa shape index (κ3) is 3.38. The van der Waals surface area contributed by atoms with Crippen molar-refractivity contribution in [2.45, 2.75) is 13.5 Å². The molecule has 0 radical (unpaired) electrons. The molecule has 2 heterocycles. The molecule has 0 amide bonds. The van der Waals surface area contributed by atoms with Crippen LogP contribution in [0.4, 0.5) is 5.69 Å². The highest BCUT2D eigenvalue weighted by molar-refractivity contribution is 9.10. The van der Waals surface area contributed by atoms with Crippen molar-refractivity contribution >= 4 is 33.2 Å². The maximum absolute atomic E-state index is 5.81. The van der Waals surface area contributed by atoms with E-state index in [2.05, 4.69) is 36.2 Å². The molecule has 88 valence electrons. The highest BCUT2D eigenvalue weighted by Gasteiger charge is 2.01. The minimum Gasteiger partial charge on any atom is -0.378 e. The molecule has 2 aromatic heterocycles. The van der Waals surface area contributed by atoms with Crippen LogP contribution in [0.25, 0.3) is 0 Å². The molecule has 2 rings (SSSR count). The van der Waals surface area contributed by atoms with Gasteiger partial charge in [0, 0.05) is 6.20 Å². The lowest BCUT2D eigenvalue weighted by atomic mass is 10.3. The van der Waals surface area contributed by atoms with E-state index in [1.807, 2.05) is 19.1 Å². The number of halogens is 2. The Bertz CT molecular complexity index is 533. The van der Waals surface area contributed by atoms with Gasteiger partial charge in [0.1, 0.15) is 11.0 Å². The molecule has 17 heavy (non-hydrogen) atoms. The molecule has 0 aromatic carbocycles. The number of aromatic nitrogens is 3. The van der Waals surface area contributed by atoms with Crippen molar-refractivity contribution in [2.24, 2.45) is 0 Å². The van der Waals surface area contributed by atoms with Gasteiger partial charge in [-0.2, -0.15) is 0 Å². The Morgan fingerprint density at radius 2 is 2.24 bits per heavy atom.